The van der Waals surface area contributed by atoms with Gasteiger partial charge in [-0.1, -0.05) is 6.92 Å². The van der Waals surface area contributed by atoms with Crippen molar-refractivity contribution in [3.8, 4) is 0 Å². The van der Waals surface area contributed by atoms with Crippen LogP contribution < -0.4 is 10.6 Å². The summed E-state index contributed by atoms with van der Waals surface area (Å²) in [6, 6.07) is -0.0805. The highest BCUT2D eigenvalue weighted by atomic mass is 32.1. The summed E-state index contributed by atoms with van der Waals surface area (Å²) in [7, 11) is 0. The quantitative estimate of drug-likeness (QED) is 0.798. The molecule has 0 spiro atoms. The average Bonchev–Trinajstić information content (AvgIpc) is 3.05. The molecule has 26 heavy (non-hydrogen) atoms. The molecule has 1 aromatic rings. The second-order valence-corrected chi connectivity index (χ2v) is 9.33. The Morgan fingerprint density at radius 3 is 2.42 bits per heavy atom. The van der Waals surface area contributed by atoms with Crippen LogP contribution in [0.4, 0.5) is 9.93 Å². The van der Waals surface area contributed by atoms with E-state index in [2.05, 4.69) is 15.6 Å². The number of nitrogens with one attached hydrogen (secondary N) is 2. The van der Waals surface area contributed by atoms with Crippen molar-refractivity contribution in [2.24, 2.45) is 17.8 Å². The maximum Gasteiger partial charge on any atom is 0.318 e. The first-order valence-electron chi connectivity index (χ1n) is 9.81. The number of anilines is 1. The number of urea groups is 1. The lowest BCUT2D eigenvalue weighted by Crippen LogP contribution is -2.62. The van der Waals surface area contributed by atoms with Gasteiger partial charge in [-0.05, 0) is 62.7 Å². The van der Waals surface area contributed by atoms with E-state index in [1.165, 1.54) is 30.6 Å². The zero-order chi connectivity index (χ0) is 18.1. The molecule has 0 radical (unpaired) electrons. The normalized spacial score (nSPS) is 31.7. The van der Waals surface area contributed by atoms with Gasteiger partial charge in [-0.25, -0.2) is 9.78 Å². The summed E-state index contributed by atoms with van der Waals surface area (Å²) in [4.78, 5) is 31.0. The van der Waals surface area contributed by atoms with Crippen molar-refractivity contribution in [2.75, 3.05) is 18.4 Å². The van der Waals surface area contributed by atoms with Gasteiger partial charge in [-0.3, -0.25) is 4.79 Å². The zero-order valence-electron chi connectivity index (χ0n) is 15.4. The van der Waals surface area contributed by atoms with Gasteiger partial charge in [-0.2, -0.15) is 0 Å². The Balaban J connectivity index is 1.38. The lowest BCUT2D eigenvalue weighted by molar-refractivity contribution is -0.116. The molecule has 4 aliphatic rings. The molecule has 4 aliphatic carbocycles. The van der Waals surface area contributed by atoms with Gasteiger partial charge in [0.15, 0.2) is 5.13 Å². The van der Waals surface area contributed by atoms with Crippen LogP contribution in [0.3, 0.4) is 0 Å². The lowest BCUT2D eigenvalue weighted by atomic mass is 9.53. The van der Waals surface area contributed by atoms with Crippen molar-refractivity contribution < 1.29 is 9.59 Å². The first-order chi connectivity index (χ1) is 12.5. The Morgan fingerprint density at radius 2 is 1.88 bits per heavy atom. The van der Waals surface area contributed by atoms with E-state index in [1.54, 1.807) is 11.1 Å². The number of aromatic nitrogens is 1. The number of carbonyl (C=O) groups excluding carboxylic acids is 2. The van der Waals surface area contributed by atoms with E-state index < -0.39 is 0 Å². The molecule has 2 N–H and O–H groups in total. The molecular formula is C19H28N4O2S. The fourth-order valence-corrected chi connectivity index (χ4v) is 6.25. The fourth-order valence-electron chi connectivity index (χ4n) is 5.71. The van der Waals surface area contributed by atoms with Crippen LogP contribution in [-0.2, 0) is 4.79 Å². The second kappa shape index (κ2) is 7.18. The highest BCUT2D eigenvalue weighted by molar-refractivity contribution is 7.13. The van der Waals surface area contributed by atoms with Gasteiger partial charge < -0.3 is 15.5 Å². The van der Waals surface area contributed by atoms with Gasteiger partial charge in [0.2, 0.25) is 5.91 Å². The van der Waals surface area contributed by atoms with Crippen molar-refractivity contribution in [2.45, 2.75) is 57.4 Å². The molecule has 3 amide bonds. The largest absolute Gasteiger partial charge is 0.333 e. The SMILES string of the molecule is CCCN(CC(=O)Nc1nccs1)C(=O)NC12CC3CC(CC(C3)C1)C2. The number of hydrogen-bond acceptors (Lipinski definition) is 4. The Morgan fingerprint density at radius 1 is 1.23 bits per heavy atom. The van der Waals surface area contributed by atoms with Crippen molar-refractivity contribution in [3.05, 3.63) is 11.6 Å². The number of hydrogen-bond donors (Lipinski definition) is 2. The van der Waals surface area contributed by atoms with Crippen molar-refractivity contribution in [3.63, 3.8) is 0 Å². The standard InChI is InChI=1S/C19H28N4O2S/c1-2-4-23(12-16(24)21-17-20-3-5-26-17)18(25)22-19-9-13-6-14(10-19)8-15(7-13)11-19/h3,5,13-15H,2,4,6-12H2,1H3,(H,22,25)(H,20,21,24). The molecule has 0 atom stereocenters. The summed E-state index contributed by atoms with van der Waals surface area (Å²) in [5.74, 6) is 2.17. The first kappa shape index (κ1) is 17.8. The van der Waals surface area contributed by atoms with Crippen LogP contribution in [0.2, 0.25) is 0 Å². The minimum atomic E-state index is -0.186. The van der Waals surface area contributed by atoms with Gasteiger partial charge in [-0.15, -0.1) is 11.3 Å². The third-order valence-corrected chi connectivity index (χ3v) is 6.89. The molecule has 0 aliphatic heterocycles. The smallest absolute Gasteiger partial charge is 0.318 e. The summed E-state index contributed by atoms with van der Waals surface area (Å²) in [5.41, 5.74) is -0.0242. The van der Waals surface area contributed by atoms with E-state index in [0.717, 1.165) is 43.4 Å². The van der Waals surface area contributed by atoms with E-state index in [-0.39, 0.29) is 24.0 Å². The van der Waals surface area contributed by atoms with E-state index in [4.69, 9.17) is 0 Å². The minimum Gasteiger partial charge on any atom is -0.333 e. The van der Waals surface area contributed by atoms with Gasteiger partial charge in [0.05, 0.1) is 0 Å². The van der Waals surface area contributed by atoms with E-state index in [1.807, 2.05) is 12.3 Å². The zero-order valence-corrected chi connectivity index (χ0v) is 16.2. The van der Waals surface area contributed by atoms with Crippen molar-refractivity contribution in [1.82, 2.24) is 15.2 Å². The number of carbonyl (C=O) groups is 2. The van der Waals surface area contributed by atoms with Crippen molar-refractivity contribution in [1.29, 1.82) is 0 Å². The van der Waals surface area contributed by atoms with Gasteiger partial charge >= 0.3 is 6.03 Å². The molecule has 5 rings (SSSR count). The van der Waals surface area contributed by atoms with Crippen LogP contribution in [-0.4, -0.2) is 40.5 Å². The average molecular weight is 377 g/mol. The summed E-state index contributed by atoms with van der Waals surface area (Å²) < 4.78 is 0. The Kier molecular flexibility index (Phi) is 4.90. The molecule has 7 heteroatoms. The molecule has 1 heterocycles. The number of thiazole rings is 1. The van der Waals surface area contributed by atoms with Crippen LogP contribution in [0.5, 0.6) is 0 Å². The summed E-state index contributed by atoms with van der Waals surface area (Å²) in [5, 5.41) is 8.54. The first-order valence-corrected chi connectivity index (χ1v) is 10.7. The molecule has 4 fully saturated rings. The predicted molar refractivity (Wildman–Crippen MR) is 102 cm³/mol. The number of amides is 3. The molecule has 142 valence electrons. The third kappa shape index (κ3) is 3.72. The summed E-state index contributed by atoms with van der Waals surface area (Å²) in [6.07, 6.45) is 9.91. The number of rotatable bonds is 6. The van der Waals surface area contributed by atoms with Crippen LogP contribution >= 0.6 is 11.3 Å². The van der Waals surface area contributed by atoms with Crippen LogP contribution in [0.15, 0.2) is 11.6 Å². The molecule has 0 unspecified atom stereocenters. The van der Waals surface area contributed by atoms with Gasteiger partial charge in [0.25, 0.3) is 0 Å². The van der Waals surface area contributed by atoms with Crippen LogP contribution in [0.25, 0.3) is 0 Å². The summed E-state index contributed by atoms with van der Waals surface area (Å²) in [6.45, 7) is 2.69. The topological polar surface area (TPSA) is 74.3 Å². The molecule has 0 saturated heterocycles. The molecule has 4 saturated carbocycles. The maximum atomic E-state index is 13.0. The molecule has 1 aromatic heterocycles. The molecular weight excluding hydrogens is 348 g/mol. The third-order valence-electron chi connectivity index (χ3n) is 6.20. The van der Waals surface area contributed by atoms with Gasteiger partial charge in [0, 0.05) is 23.7 Å². The maximum absolute atomic E-state index is 13.0. The van der Waals surface area contributed by atoms with Crippen molar-refractivity contribution >= 4 is 28.4 Å². The summed E-state index contributed by atoms with van der Waals surface area (Å²) >= 11 is 1.38. The molecule has 0 aromatic carbocycles. The molecule has 6 nitrogen and oxygen atoms in total. The Labute approximate surface area is 158 Å². The number of nitrogens with zero attached hydrogens (tertiary/aromatic N) is 2. The highest BCUT2D eigenvalue weighted by Crippen LogP contribution is 2.55. The molecule has 4 bridgehead atoms. The van der Waals surface area contributed by atoms with Crippen LogP contribution in [0.1, 0.15) is 51.9 Å². The fraction of sp³-hybridized carbons (Fsp3) is 0.737. The Hall–Kier alpha value is -1.63. The predicted octanol–water partition coefficient (Wildman–Crippen LogP) is 3.47. The van der Waals surface area contributed by atoms with Crippen LogP contribution in [0, 0.1) is 17.8 Å². The second-order valence-electron chi connectivity index (χ2n) is 8.44. The Bertz CT molecular complexity index is 625. The van der Waals surface area contributed by atoms with E-state index >= 15 is 0 Å². The monoisotopic (exact) mass is 376 g/mol. The highest BCUT2D eigenvalue weighted by Gasteiger charge is 2.51. The van der Waals surface area contributed by atoms with E-state index in [0.29, 0.717) is 11.7 Å². The minimum absolute atomic E-state index is 0.0242. The van der Waals surface area contributed by atoms with Gasteiger partial charge in [0.1, 0.15) is 6.54 Å². The lowest BCUT2D eigenvalue weighted by Gasteiger charge is -2.57. The van der Waals surface area contributed by atoms with E-state index in [9.17, 15) is 9.59 Å².